The lowest BCUT2D eigenvalue weighted by molar-refractivity contribution is -0.143. The van der Waals surface area contributed by atoms with Gasteiger partial charge in [0, 0.05) is 0 Å². The topological polar surface area (TPSA) is 68.2 Å². The van der Waals surface area contributed by atoms with E-state index in [9.17, 15) is 9.90 Å². The van der Waals surface area contributed by atoms with E-state index in [1.807, 2.05) is 18.7 Å². The number of aliphatic carboxylic acids is 1. The van der Waals surface area contributed by atoms with Gasteiger partial charge in [-0.2, -0.15) is 0 Å². The molecule has 1 rings (SSSR count). The van der Waals surface area contributed by atoms with Gasteiger partial charge in [0.25, 0.3) is 0 Å². The second-order valence-corrected chi connectivity index (χ2v) is 4.42. The molecule has 118 valence electrons. The predicted molar refractivity (Wildman–Crippen MR) is 79.4 cm³/mol. The fraction of sp³-hybridized carbons (Fsp3) is 0.533. The second kappa shape index (κ2) is 7.73. The van der Waals surface area contributed by atoms with Gasteiger partial charge < -0.3 is 19.3 Å². The third-order valence-corrected chi connectivity index (χ3v) is 3.41. The van der Waals surface area contributed by atoms with Crippen molar-refractivity contribution < 1.29 is 24.1 Å². The molecule has 0 amide bonds. The summed E-state index contributed by atoms with van der Waals surface area (Å²) in [6.07, 6.45) is 0. The van der Waals surface area contributed by atoms with E-state index in [1.165, 1.54) is 21.3 Å². The Kier molecular flexibility index (Phi) is 6.30. The Morgan fingerprint density at radius 3 is 1.86 bits per heavy atom. The number of carboxylic acids is 1. The maximum atomic E-state index is 11.7. The molecule has 6 nitrogen and oxygen atoms in total. The Morgan fingerprint density at radius 2 is 1.57 bits per heavy atom. The van der Waals surface area contributed by atoms with Crippen molar-refractivity contribution in [1.29, 1.82) is 0 Å². The third-order valence-electron chi connectivity index (χ3n) is 3.41. The van der Waals surface area contributed by atoms with Gasteiger partial charge in [0.2, 0.25) is 5.75 Å². The molecule has 1 unspecified atom stereocenters. The van der Waals surface area contributed by atoms with Gasteiger partial charge in [-0.1, -0.05) is 13.8 Å². The van der Waals surface area contributed by atoms with Crippen molar-refractivity contribution in [3.63, 3.8) is 0 Å². The van der Waals surface area contributed by atoms with Crippen LogP contribution in [0.25, 0.3) is 0 Å². The van der Waals surface area contributed by atoms with Crippen LogP contribution in [-0.4, -0.2) is 50.4 Å². The Balaban J connectivity index is 3.41. The van der Waals surface area contributed by atoms with Gasteiger partial charge in [-0.05, 0) is 30.8 Å². The fourth-order valence-electron chi connectivity index (χ4n) is 2.36. The van der Waals surface area contributed by atoms with E-state index in [2.05, 4.69) is 0 Å². The molecule has 1 aromatic carbocycles. The minimum absolute atomic E-state index is 0.449. The molecule has 0 heterocycles. The molecule has 0 bridgehead atoms. The van der Waals surface area contributed by atoms with Crippen molar-refractivity contribution in [1.82, 2.24) is 4.90 Å². The van der Waals surface area contributed by atoms with Crippen LogP contribution in [0.15, 0.2) is 12.1 Å². The highest BCUT2D eigenvalue weighted by Gasteiger charge is 2.28. The maximum Gasteiger partial charge on any atom is 0.325 e. The average Bonchev–Trinajstić information content (AvgIpc) is 2.50. The normalized spacial score (nSPS) is 12.1. The monoisotopic (exact) mass is 297 g/mol. The number of carboxylic acid groups (broad SMARTS) is 1. The van der Waals surface area contributed by atoms with Gasteiger partial charge in [0.1, 0.15) is 6.04 Å². The molecule has 1 aromatic rings. The quantitative estimate of drug-likeness (QED) is 0.793. The standard InChI is InChI=1S/C15H23NO5/c1-6-16(7-2)13(15(17)18)10-8-11(19-3)14(21-5)12(9-10)20-4/h8-9,13H,6-7H2,1-5H3,(H,17,18). The van der Waals surface area contributed by atoms with Gasteiger partial charge in [0.05, 0.1) is 21.3 Å². The Bertz CT molecular complexity index is 460. The molecule has 0 spiro atoms. The minimum Gasteiger partial charge on any atom is -0.493 e. The van der Waals surface area contributed by atoms with Crippen LogP contribution in [0.5, 0.6) is 17.2 Å². The minimum atomic E-state index is -0.909. The first-order valence-corrected chi connectivity index (χ1v) is 6.80. The molecular formula is C15H23NO5. The molecule has 0 aliphatic carbocycles. The number of ether oxygens (including phenoxy) is 3. The molecule has 0 aliphatic rings. The number of benzene rings is 1. The average molecular weight is 297 g/mol. The smallest absolute Gasteiger partial charge is 0.325 e. The molecule has 1 N–H and O–H groups in total. The lowest BCUT2D eigenvalue weighted by Crippen LogP contribution is -2.33. The van der Waals surface area contributed by atoms with Crippen LogP contribution in [0.3, 0.4) is 0 Å². The lowest BCUT2D eigenvalue weighted by Gasteiger charge is -2.27. The summed E-state index contributed by atoms with van der Waals surface area (Å²) in [6.45, 7) is 5.11. The van der Waals surface area contributed by atoms with Gasteiger partial charge >= 0.3 is 5.97 Å². The molecule has 0 aromatic heterocycles. The molecule has 0 saturated carbocycles. The highest BCUT2D eigenvalue weighted by molar-refractivity contribution is 5.76. The number of carbonyl (C=O) groups is 1. The summed E-state index contributed by atoms with van der Waals surface area (Å²) in [5.74, 6) is 0.441. The third kappa shape index (κ3) is 3.58. The summed E-state index contributed by atoms with van der Waals surface area (Å²) >= 11 is 0. The molecular weight excluding hydrogens is 274 g/mol. The summed E-state index contributed by atoms with van der Waals surface area (Å²) in [5.41, 5.74) is 0.598. The second-order valence-electron chi connectivity index (χ2n) is 4.42. The zero-order chi connectivity index (χ0) is 16.0. The molecule has 21 heavy (non-hydrogen) atoms. The van der Waals surface area contributed by atoms with Crippen molar-refractivity contribution >= 4 is 5.97 Å². The van der Waals surface area contributed by atoms with E-state index in [4.69, 9.17) is 14.2 Å². The van der Waals surface area contributed by atoms with Crippen LogP contribution in [0.1, 0.15) is 25.5 Å². The van der Waals surface area contributed by atoms with Crippen LogP contribution in [0.2, 0.25) is 0 Å². The SMILES string of the molecule is CCN(CC)C(C(=O)O)c1cc(OC)c(OC)c(OC)c1. The number of hydrogen-bond donors (Lipinski definition) is 1. The molecule has 0 radical (unpaired) electrons. The maximum absolute atomic E-state index is 11.7. The summed E-state index contributed by atoms with van der Waals surface area (Å²) in [5, 5.41) is 9.56. The van der Waals surface area contributed by atoms with Gasteiger partial charge in [0.15, 0.2) is 11.5 Å². The van der Waals surface area contributed by atoms with Crippen LogP contribution in [-0.2, 0) is 4.79 Å². The van der Waals surface area contributed by atoms with E-state index in [1.54, 1.807) is 12.1 Å². The molecule has 0 fully saturated rings. The summed E-state index contributed by atoms with van der Waals surface area (Å²) < 4.78 is 15.8. The molecule has 1 atom stereocenters. The van der Waals surface area contributed by atoms with Crippen molar-refractivity contribution in [2.75, 3.05) is 34.4 Å². The van der Waals surface area contributed by atoms with Crippen molar-refractivity contribution in [3.05, 3.63) is 17.7 Å². The Hall–Kier alpha value is -1.95. The van der Waals surface area contributed by atoms with Crippen molar-refractivity contribution in [2.45, 2.75) is 19.9 Å². The number of likely N-dealkylation sites (N-methyl/N-ethyl adjacent to an activating group) is 1. The number of methoxy groups -OCH3 is 3. The first kappa shape index (κ1) is 17.1. The van der Waals surface area contributed by atoms with E-state index in [0.29, 0.717) is 35.9 Å². The zero-order valence-electron chi connectivity index (χ0n) is 13.2. The van der Waals surface area contributed by atoms with Crippen LogP contribution in [0.4, 0.5) is 0 Å². The molecule has 0 aliphatic heterocycles. The lowest BCUT2D eigenvalue weighted by atomic mass is 10.0. The molecule has 0 saturated heterocycles. The van der Waals surface area contributed by atoms with Crippen molar-refractivity contribution in [2.24, 2.45) is 0 Å². The van der Waals surface area contributed by atoms with Gasteiger partial charge in [-0.3, -0.25) is 9.69 Å². The van der Waals surface area contributed by atoms with Crippen LogP contribution in [0, 0.1) is 0 Å². The largest absolute Gasteiger partial charge is 0.493 e. The first-order chi connectivity index (χ1) is 10.0. The van der Waals surface area contributed by atoms with E-state index in [-0.39, 0.29) is 0 Å². The van der Waals surface area contributed by atoms with Gasteiger partial charge in [-0.15, -0.1) is 0 Å². The summed E-state index contributed by atoms with van der Waals surface area (Å²) in [6, 6.07) is 2.60. The number of rotatable bonds is 8. The zero-order valence-corrected chi connectivity index (χ0v) is 13.2. The van der Waals surface area contributed by atoms with Crippen molar-refractivity contribution in [3.8, 4) is 17.2 Å². The summed E-state index contributed by atoms with van der Waals surface area (Å²) in [7, 11) is 4.53. The number of nitrogens with zero attached hydrogens (tertiary/aromatic N) is 1. The fourth-order valence-corrected chi connectivity index (χ4v) is 2.36. The van der Waals surface area contributed by atoms with Crippen LogP contribution >= 0.6 is 0 Å². The van der Waals surface area contributed by atoms with Gasteiger partial charge in [-0.25, -0.2) is 0 Å². The Labute approximate surface area is 125 Å². The van der Waals surface area contributed by atoms with E-state index < -0.39 is 12.0 Å². The summed E-state index contributed by atoms with van der Waals surface area (Å²) in [4.78, 5) is 13.5. The Morgan fingerprint density at radius 1 is 1.10 bits per heavy atom. The van der Waals surface area contributed by atoms with Crippen LogP contribution < -0.4 is 14.2 Å². The highest BCUT2D eigenvalue weighted by Crippen LogP contribution is 2.40. The number of hydrogen-bond acceptors (Lipinski definition) is 5. The molecule has 6 heteroatoms. The van der Waals surface area contributed by atoms with E-state index in [0.717, 1.165) is 0 Å². The predicted octanol–water partition coefficient (Wildman–Crippen LogP) is 2.18. The highest BCUT2D eigenvalue weighted by atomic mass is 16.5. The first-order valence-electron chi connectivity index (χ1n) is 6.80. The van der Waals surface area contributed by atoms with E-state index >= 15 is 0 Å².